The number of sulfonamides is 1. The maximum absolute atomic E-state index is 14.8. The highest BCUT2D eigenvalue weighted by Gasteiger charge is 2.62. The van der Waals surface area contributed by atoms with Gasteiger partial charge in [-0.05, 0) is 69.3 Å². The molecule has 1 aromatic heterocycles. The second kappa shape index (κ2) is 16.1. The molecule has 3 heterocycles. The molecule has 314 valence electrons. The fourth-order valence-corrected chi connectivity index (χ4v) is 9.85. The number of amides is 4. The lowest BCUT2D eigenvalue weighted by Crippen LogP contribution is -2.60. The Balaban J connectivity index is 1.28. The molecule has 5 aliphatic rings. The molecule has 15 nitrogen and oxygen atoms in total. The van der Waals surface area contributed by atoms with Crippen molar-refractivity contribution < 1.29 is 46.5 Å². The van der Waals surface area contributed by atoms with Gasteiger partial charge in [0.1, 0.15) is 41.3 Å². The summed E-state index contributed by atoms with van der Waals surface area (Å²) in [4.78, 5) is 62.7. The third kappa shape index (κ3) is 8.48. The van der Waals surface area contributed by atoms with Crippen molar-refractivity contribution in [2.45, 2.75) is 121 Å². The highest BCUT2D eigenvalue weighted by atomic mass is 32.2. The van der Waals surface area contributed by atoms with Gasteiger partial charge in [0.2, 0.25) is 27.7 Å². The van der Waals surface area contributed by atoms with Crippen LogP contribution in [0.3, 0.4) is 0 Å². The van der Waals surface area contributed by atoms with E-state index in [-0.39, 0.29) is 31.4 Å². The molecule has 0 radical (unpaired) electrons. The largest absolute Gasteiger partial charge is 0.496 e. The van der Waals surface area contributed by atoms with Crippen LogP contribution < -0.4 is 29.6 Å². The monoisotopic (exact) mass is 821 g/mol. The zero-order valence-electron chi connectivity index (χ0n) is 33.9. The quantitative estimate of drug-likeness (QED) is 0.295. The van der Waals surface area contributed by atoms with Gasteiger partial charge in [-0.15, -0.1) is 6.58 Å². The van der Waals surface area contributed by atoms with Crippen LogP contribution in [0.1, 0.15) is 91.0 Å². The predicted molar refractivity (Wildman–Crippen MR) is 216 cm³/mol. The number of allylic oxidation sites excluding steroid dienone is 1. The summed E-state index contributed by atoms with van der Waals surface area (Å²) in [6, 6.07) is 3.14. The van der Waals surface area contributed by atoms with Crippen LogP contribution in [0.4, 0.5) is 4.79 Å². The Bertz CT molecular complexity index is 2110. The molecule has 2 aliphatic heterocycles. The first-order chi connectivity index (χ1) is 27.6. The Hall–Kier alpha value is -4.86. The summed E-state index contributed by atoms with van der Waals surface area (Å²) < 4.78 is 52.2. The molecule has 0 unspecified atom stereocenters. The van der Waals surface area contributed by atoms with Crippen LogP contribution in [0.25, 0.3) is 17.0 Å². The first-order valence-corrected chi connectivity index (χ1v) is 21.9. The van der Waals surface area contributed by atoms with Gasteiger partial charge in [-0.25, -0.2) is 18.2 Å². The number of ether oxygens (including phenoxy) is 4. The maximum Gasteiger partial charge on any atom is 0.408 e. The standard InChI is InChI=1S/C42H55N5O10S/c1-7-26-22-42(26,39(50)46-58(52,53)28-16-17-28)45-37(48)31-19-27-23-47(31)38(49)36(41(3,4)5)44-40(51)57-32-15-10-9-12-24(32)13-11-14-25-18-29-30(20-33(25)54-6)43-35(55-8-2)21-34(29)56-27/h7,11,14,18,20-21,24,26-28,31-32,36H,1,8-10,12-13,15-17,19,22-23H2,2-6H3,(H,44,51)(H,45,48)(H,46,50)/t24-,26-,27-,31+,32+,36-,42-/m1/s1. The Kier molecular flexibility index (Phi) is 11.4. The van der Waals surface area contributed by atoms with Gasteiger partial charge in [-0.2, -0.15) is 0 Å². The number of rotatable bonds is 9. The average molecular weight is 822 g/mol. The molecule has 2 aromatic rings. The van der Waals surface area contributed by atoms with Gasteiger partial charge in [-0.3, -0.25) is 19.1 Å². The van der Waals surface area contributed by atoms with Crippen molar-refractivity contribution in [1.82, 2.24) is 25.2 Å². The number of carbonyl (C=O) groups is 4. The summed E-state index contributed by atoms with van der Waals surface area (Å²) >= 11 is 0. The van der Waals surface area contributed by atoms with Gasteiger partial charge in [0.25, 0.3) is 5.91 Å². The predicted octanol–water partition coefficient (Wildman–Crippen LogP) is 4.78. The molecular weight excluding hydrogens is 767 g/mol. The Labute approximate surface area is 339 Å². The zero-order valence-corrected chi connectivity index (χ0v) is 34.7. The van der Waals surface area contributed by atoms with Crippen molar-refractivity contribution >= 4 is 50.8 Å². The second-order valence-electron chi connectivity index (χ2n) is 17.2. The molecule has 1 saturated heterocycles. The molecular formula is C42H55N5O10S. The van der Waals surface area contributed by atoms with E-state index in [1.807, 2.05) is 45.9 Å². The van der Waals surface area contributed by atoms with E-state index in [9.17, 15) is 27.6 Å². The van der Waals surface area contributed by atoms with Crippen LogP contribution in [0.15, 0.2) is 36.9 Å². The summed E-state index contributed by atoms with van der Waals surface area (Å²) in [5.41, 5.74) is -1.06. The third-order valence-electron chi connectivity index (χ3n) is 12.0. The number of benzene rings is 1. The van der Waals surface area contributed by atoms with E-state index >= 15 is 0 Å². The Morgan fingerprint density at radius 3 is 2.55 bits per heavy atom. The SMILES string of the molecule is C=C[C@@H]1C[C@]1(NC(=O)[C@@H]1C[C@@H]2CN1C(=O)[C@H](C(C)(C)C)NC(=O)O[C@H]1CCCC[C@@H]1CC=Cc1cc3c(cc(OCC)nc3cc1OC)O2)C(=O)NS(=O)(=O)C1CC1. The molecule has 7 atom stereocenters. The molecule has 3 saturated carbocycles. The second-order valence-corrected chi connectivity index (χ2v) is 19.2. The molecule has 4 bridgehead atoms. The number of pyridine rings is 1. The van der Waals surface area contributed by atoms with Gasteiger partial charge in [0, 0.05) is 35.4 Å². The number of alkyl carbamates (subject to hydrolysis) is 1. The van der Waals surface area contributed by atoms with E-state index in [0.29, 0.717) is 60.6 Å². The lowest BCUT2D eigenvalue weighted by Gasteiger charge is -2.36. The van der Waals surface area contributed by atoms with Gasteiger partial charge >= 0.3 is 6.09 Å². The van der Waals surface area contributed by atoms with Crippen LogP contribution >= 0.6 is 0 Å². The van der Waals surface area contributed by atoms with E-state index in [2.05, 4.69) is 28.0 Å². The van der Waals surface area contributed by atoms with E-state index in [1.54, 1.807) is 13.2 Å². The fourth-order valence-electron chi connectivity index (χ4n) is 8.49. The van der Waals surface area contributed by atoms with Gasteiger partial charge in [0.05, 0.1) is 31.0 Å². The highest BCUT2D eigenvalue weighted by molar-refractivity contribution is 7.91. The molecule has 7 rings (SSSR count). The van der Waals surface area contributed by atoms with Crippen LogP contribution in [-0.2, 0) is 29.1 Å². The Morgan fingerprint density at radius 2 is 1.88 bits per heavy atom. The summed E-state index contributed by atoms with van der Waals surface area (Å²) in [5, 5.41) is 5.69. The number of hydrogen-bond donors (Lipinski definition) is 3. The summed E-state index contributed by atoms with van der Waals surface area (Å²) in [6.07, 6.45) is 8.88. The number of carbonyl (C=O) groups excluding carboxylic acids is 4. The number of nitrogens with zero attached hydrogens (tertiary/aromatic N) is 2. The number of nitrogens with one attached hydrogen (secondary N) is 3. The van der Waals surface area contributed by atoms with Gasteiger partial charge in [-0.1, -0.05) is 45.4 Å². The van der Waals surface area contributed by atoms with Crippen molar-refractivity contribution in [2.75, 3.05) is 20.3 Å². The van der Waals surface area contributed by atoms with Crippen LogP contribution in [0.2, 0.25) is 0 Å². The molecule has 16 heteroatoms. The van der Waals surface area contributed by atoms with E-state index in [1.165, 1.54) is 11.0 Å². The smallest absolute Gasteiger partial charge is 0.408 e. The minimum Gasteiger partial charge on any atom is -0.496 e. The first-order valence-electron chi connectivity index (χ1n) is 20.3. The number of methoxy groups -OCH3 is 1. The van der Waals surface area contributed by atoms with Crippen molar-refractivity contribution in [3.8, 4) is 17.4 Å². The number of aromatic nitrogens is 1. The molecule has 1 aromatic carbocycles. The van der Waals surface area contributed by atoms with E-state index in [4.69, 9.17) is 23.9 Å². The molecule has 58 heavy (non-hydrogen) atoms. The normalized spacial score (nSPS) is 28.9. The zero-order chi connectivity index (χ0) is 41.6. The van der Waals surface area contributed by atoms with Crippen LogP contribution in [0.5, 0.6) is 17.4 Å². The van der Waals surface area contributed by atoms with E-state index < -0.39 is 74.1 Å². The number of fused-ring (bicyclic) bond motifs is 4. The highest BCUT2D eigenvalue weighted by Crippen LogP contribution is 2.46. The minimum absolute atomic E-state index is 0.0101. The lowest BCUT2D eigenvalue weighted by molar-refractivity contribution is -0.143. The summed E-state index contributed by atoms with van der Waals surface area (Å²) in [7, 11) is -2.33. The maximum atomic E-state index is 14.8. The molecule has 4 fully saturated rings. The summed E-state index contributed by atoms with van der Waals surface area (Å²) in [6.45, 7) is 11.4. The minimum atomic E-state index is -3.92. The summed E-state index contributed by atoms with van der Waals surface area (Å²) in [5.74, 6) is -1.20. The van der Waals surface area contributed by atoms with Gasteiger partial charge in [0.15, 0.2) is 0 Å². The topological polar surface area (TPSA) is 192 Å². The molecule has 3 aliphatic carbocycles. The average Bonchev–Trinajstić information content (AvgIpc) is 4.10. The third-order valence-corrected chi connectivity index (χ3v) is 13.8. The lowest BCUT2D eigenvalue weighted by atomic mass is 9.84. The Morgan fingerprint density at radius 1 is 1.12 bits per heavy atom. The van der Waals surface area contributed by atoms with E-state index in [0.717, 1.165) is 24.8 Å². The molecule has 0 spiro atoms. The molecule has 3 N–H and O–H groups in total. The molecule has 4 amide bonds. The number of hydrogen-bond acceptors (Lipinski definition) is 11. The van der Waals surface area contributed by atoms with Crippen LogP contribution in [-0.4, -0.2) is 97.5 Å². The van der Waals surface area contributed by atoms with Crippen molar-refractivity contribution in [3.63, 3.8) is 0 Å². The van der Waals surface area contributed by atoms with Crippen molar-refractivity contribution in [1.29, 1.82) is 0 Å². The fraction of sp³-hybridized carbons (Fsp3) is 0.595. The van der Waals surface area contributed by atoms with Crippen LogP contribution in [0, 0.1) is 17.3 Å². The van der Waals surface area contributed by atoms with Crippen molar-refractivity contribution in [3.05, 3.63) is 42.5 Å². The van der Waals surface area contributed by atoms with Crippen molar-refractivity contribution in [2.24, 2.45) is 17.3 Å². The first kappa shape index (κ1) is 41.3. The van der Waals surface area contributed by atoms with Gasteiger partial charge < -0.3 is 34.5 Å².